The lowest BCUT2D eigenvalue weighted by molar-refractivity contribution is -0.123. The molecule has 2 aromatic rings. The van der Waals surface area contributed by atoms with E-state index in [-0.39, 0.29) is 29.5 Å². The van der Waals surface area contributed by atoms with Crippen LogP contribution in [0.1, 0.15) is 38.8 Å². The van der Waals surface area contributed by atoms with Crippen LogP contribution in [-0.2, 0) is 14.8 Å². The van der Waals surface area contributed by atoms with Gasteiger partial charge in [0.05, 0.1) is 10.9 Å². The highest BCUT2D eigenvalue weighted by Gasteiger charge is 2.16. The van der Waals surface area contributed by atoms with Crippen molar-refractivity contribution >= 4 is 15.9 Å². The molecule has 0 aliphatic carbocycles. The summed E-state index contributed by atoms with van der Waals surface area (Å²) < 4.78 is 32.5. The third-order valence-corrected chi connectivity index (χ3v) is 5.76. The van der Waals surface area contributed by atoms with Crippen molar-refractivity contribution in [1.29, 1.82) is 0 Å². The molecule has 1 amide bonds. The van der Waals surface area contributed by atoms with Gasteiger partial charge in [-0.3, -0.25) is 4.79 Å². The van der Waals surface area contributed by atoms with Crippen LogP contribution in [0.5, 0.6) is 5.75 Å². The molecule has 0 aromatic heterocycles. The molecule has 0 spiro atoms. The van der Waals surface area contributed by atoms with E-state index in [0.29, 0.717) is 12.2 Å². The third-order valence-electron chi connectivity index (χ3n) is 4.15. The minimum atomic E-state index is -3.55. The van der Waals surface area contributed by atoms with Crippen molar-refractivity contribution in [3.05, 3.63) is 60.2 Å². The Kier molecular flexibility index (Phi) is 7.38. The molecular formula is C20H26N2O4S. The molecular weight excluding hydrogens is 364 g/mol. The van der Waals surface area contributed by atoms with E-state index >= 15 is 0 Å². The van der Waals surface area contributed by atoms with Crippen molar-refractivity contribution in [2.24, 2.45) is 0 Å². The van der Waals surface area contributed by atoms with Gasteiger partial charge in [0.1, 0.15) is 5.75 Å². The van der Waals surface area contributed by atoms with E-state index in [1.54, 1.807) is 12.1 Å². The molecule has 0 saturated heterocycles. The Bertz CT molecular complexity index is 836. The van der Waals surface area contributed by atoms with Crippen LogP contribution in [0, 0.1) is 0 Å². The van der Waals surface area contributed by atoms with Crippen molar-refractivity contribution in [2.75, 3.05) is 6.61 Å². The monoisotopic (exact) mass is 390 g/mol. The van der Waals surface area contributed by atoms with Gasteiger partial charge in [0.25, 0.3) is 5.91 Å². The molecule has 2 rings (SSSR count). The second-order valence-corrected chi connectivity index (χ2v) is 8.10. The number of nitrogens with one attached hydrogen (secondary N) is 2. The van der Waals surface area contributed by atoms with Gasteiger partial charge >= 0.3 is 0 Å². The minimum absolute atomic E-state index is 0.124. The summed E-state index contributed by atoms with van der Waals surface area (Å²) in [5.74, 6) is 0.182. The Hall–Kier alpha value is -2.38. The maximum atomic E-state index is 12.2. The molecule has 7 heteroatoms. The van der Waals surface area contributed by atoms with E-state index in [0.717, 1.165) is 5.56 Å². The molecule has 0 saturated carbocycles. The van der Waals surface area contributed by atoms with Gasteiger partial charge in [-0.2, -0.15) is 0 Å². The number of sulfonamides is 1. The molecule has 0 fully saturated rings. The van der Waals surface area contributed by atoms with Crippen molar-refractivity contribution in [1.82, 2.24) is 10.0 Å². The fourth-order valence-electron chi connectivity index (χ4n) is 2.39. The molecule has 0 aliphatic rings. The Labute approximate surface area is 161 Å². The lowest BCUT2D eigenvalue weighted by Crippen LogP contribution is -2.32. The van der Waals surface area contributed by atoms with Crippen LogP contribution in [0.15, 0.2) is 59.5 Å². The zero-order valence-electron chi connectivity index (χ0n) is 15.8. The molecule has 2 aromatic carbocycles. The number of ether oxygens (including phenoxy) is 1. The Balaban J connectivity index is 1.88. The molecule has 27 heavy (non-hydrogen) atoms. The fourth-order valence-corrected chi connectivity index (χ4v) is 3.72. The average molecular weight is 391 g/mol. The molecule has 0 radical (unpaired) electrons. The van der Waals surface area contributed by atoms with Crippen LogP contribution in [0.2, 0.25) is 0 Å². The normalized spacial score (nSPS) is 13.6. The molecule has 0 heterocycles. The Morgan fingerprint density at radius 1 is 1.04 bits per heavy atom. The number of benzene rings is 2. The van der Waals surface area contributed by atoms with Gasteiger partial charge in [-0.1, -0.05) is 37.3 Å². The largest absolute Gasteiger partial charge is 0.484 e. The Morgan fingerprint density at radius 3 is 2.26 bits per heavy atom. The van der Waals surface area contributed by atoms with E-state index in [1.807, 2.05) is 51.1 Å². The van der Waals surface area contributed by atoms with Crippen LogP contribution in [0.3, 0.4) is 0 Å². The second-order valence-electron chi connectivity index (χ2n) is 6.39. The molecule has 6 nitrogen and oxygen atoms in total. The molecule has 2 N–H and O–H groups in total. The molecule has 146 valence electrons. The van der Waals surface area contributed by atoms with E-state index in [2.05, 4.69) is 10.0 Å². The van der Waals surface area contributed by atoms with E-state index in [9.17, 15) is 13.2 Å². The standard InChI is InChI=1S/C20H26N2O4S/c1-4-15(2)22-27(24,25)19-12-10-18(11-13-19)26-14-20(23)21-16(3)17-8-6-5-7-9-17/h5-13,15-16,22H,4,14H2,1-3H3,(H,21,23)/t15-,16+/m1/s1. The maximum absolute atomic E-state index is 12.2. The first kappa shape index (κ1) is 20.9. The second kappa shape index (κ2) is 9.53. The van der Waals surface area contributed by atoms with Gasteiger partial charge in [0.2, 0.25) is 10.0 Å². The fraction of sp³-hybridized carbons (Fsp3) is 0.350. The van der Waals surface area contributed by atoms with Crippen molar-refractivity contribution in [3.63, 3.8) is 0 Å². The minimum Gasteiger partial charge on any atom is -0.484 e. The number of carbonyl (C=O) groups excluding carboxylic acids is 1. The predicted molar refractivity (Wildman–Crippen MR) is 105 cm³/mol. The van der Waals surface area contributed by atoms with Gasteiger partial charge in [-0.25, -0.2) is 13.1 Å². The predicted octanol–water partition coefficient (Wildman–Crippen LogP) is 3.02. The van der Waals surface area contributed by atoms with E-state index in [1.165, 1.54) is 12.1 Å². The van der Waals surface area contributed by atoms with Gasteiger partial charge in [-0.15, -0.1) is 0 Å². The zero-order valence-corrected chi connectivity index (χ0v) is 16.6. The number of carbonyl (C=O) groups is 1. The topological polar surface area (TPSA) is 84.5 Å². The summed E-state index contributed by atoms with van der Waals surface area (Å²) in [6.07, 6.45) is 0.705. The van der Waals surface area contributed by atoms with Crippen LogP contribution in [0.4, 0.5) is 0 Å². The summed E-state index contributed by atoms with van der Waals surface area (Å²) in [6, 6.07) is 15.4. The summed E-state index contributed by atoms with van der Waals surface area (Å²) in [6.45, 7) is 5.48. The van der Waals surface area contributed by atoms with Gasteiger partial charge in [0.15, 0.2) is 6.61 Å². The molecule has 2 atom stereocenters. The maximum Gasteiger partial charge on any atom is 0.258 e. The van der Waals surface area contributed by atoms with Crippen LogP contribution < -0.4 is 14.8 Å². The van der Waals surface area contributed by atoms with Crippen molar-refractivity contribution in [2.45, 2.75) is 44.2 Å². The summed E-state index contributed by atoms with van der Waals surface area (Å²) in [5.41, 5.74) is 1.01. The van der Waals surface area contributed by atoms with E-state index < -0.39 is 10.0 Å². The van der Waals surface area contributed by atoms with Crippen LogP contribution >= 0.6 is 0 Å². The van der Waals surface area contributed by atoms with Crippen molar-refractivity contribution in [3.8, 4) is 5.75 Å². The first-order valence-electron chi connectivity index (χ1n) is 8.91. The highest BCUT2D eigenvalue weighted by molar-refractivity contribution is 7.89. The van der Waals surface area contributed by atoms with Crippen LogP contribution in [0.25, 0.3) is 0 Å². The molecule has 0 aliphatic heterocycles. The third kappa shape index (κ3) is 6.37. The highest BCUT2D eigenvalue weighted by atomic mass is 32.2. The quantitative estimate of drug-likeness (QED) is 0.689. The first-order chi connectivity index (χ1) is 12.8. The number of hydrogen-bond donors (Lipinski definition) is 2. The first-order valence-corrected chi connectivity index (χ1v) is 10.4. The Morgan fingerprint density at radius 2 is 1.67 bits per heavy atom. The number of amides is 1. The lowest BCUT2D eigenvalue weighted by Gasteiger charge is -2.15. The molecule has 0 bridgehead atoms. The van der Waals surface area contributed by atoms with Gasteiger partial charge in [0, 0.05) is 6.04 Å². The highest BCUT2D eigenvalue weighted by Crippen LogP contribution is 2.17. The summed E-state index contributed by atoms with van der Waals surface area (Å²) in [7, 11) is -3.55. The summed E-state index contributed by atoms with van der Waals surface area (Å²) in [4.78, 5) is 12.2. The number of rotatable bonds is 9. The van der Waals surface area contributed by atoms with Gasteiger partial charge in [-0.05, 0) is 50.1 Å². The van der Waals surface area contributed by atoms with Crippen LogP contribution in [-0.4, -0.2) is 27.0 Å². The zero-order chi connectivity index (χ0) is 19.9. The van der Waals surface area contributed by atoms with Gasteiger partial charge < -0.3 is 10.1 Å². The van der Waals surface area contributed by atoms with Crippen molar-refractivity contribution < 1.29 is 17.9 Å². The average Bonchev–Trinajstić information content (AvgIpc) is 2.67. The molecule has 0 unspecified atom stereocenters. The smallest absolute Gasteiger partial charge is 0.258 e. The summed E-state index contributed by atoms with van der Waals surface area (Å²) >= 11 is 0. The number of hydrogen-bond acceptors (Lipinski definition) is 4. The lowest BCUT2D eigenvalue weighted by atomic mass is 10.1. The van der Waals surface area contributed by atoms with E-state index in [4.69, 9.17) is 4.74 Å². The SMILES string of the molecule is CC[C@@H](C)NS(=O)(=O)c1ccc(OCC(=O)N[C@@H](C)c2ccccc2)cc1. The summed E-state index contributed by atoms with van der Waals surface area (Å²) in [5, 5.41) is 2.86.